The van der Waals surface area contributed by atoms with Gasteiger partial charge in [0.25, 0.3) is 0 Å². The maximum Gasteiger partial charge on any atom is 0.0938 e. The van der Waals surface area contributed by atoms with E-state index in [1.54, 1.807) is 11.3 Å². The highest BCUT2D eigenvalue weighted by atomic mass is 79.9. The van der Waals surface area contributed by atoms with E-state index in [0.717, 1.165) is 8.66 Å². The van der Waals surface area contributed by atoms with E-state index in [1.807, 2.05) is 19.1 Å². The number of rotatable bonds is 3. The van der Waals surface area contributed by atoms with Crippen molar-refractivity contribution in [3.63, 3.8) is 0 Å². The van der Waals surface area contributed by atoms with Crippen molar-refractivity contribution in [1.82, 2.24) is 4.90 Å². The van der Waals surface area contributed by atoms with Gasteiger partial charge in [-0.25, -0.2) is 0 Å². The van der Waals surface area contributed by atoms with E-state index in [2.05, 4.69) is 20.8 Å². The second-order valence-electron chi connectivity index (χ2n) is 4.53. The molecule has 0 aromatic carbocycles. The van der Waals surface area contributed by atoms with Gasteiger partial charge in [0.05, 0.1) is 22.0 Å². The van der Waals surface area contributed by atoms with Gasteiger partial charge in [-0.05, 0) is 35.0 Å². The first-order valence-corrected chi connectivity index (χ1v) is 7.21. The number of aliphatic hydroxyl groups excluding tert-OH is 2. The van der Waals surface area contributed by atoms with Gasteiger partial charge >= 0.3 is 0 Å². The van der Waals surface area contributed by atoms with Gasteiger partial charge in [0.15, 0.2) is 0 Å². The number of halogens is 1. The van der Waals surface area contributed by atoms with Crippen LogP contribution in [-0.2, 0) is 0 Å². The number of nitrogens with two attached hydrogens (primary N) is 1. The van der Waals surface area contributed by atoms with E-state index in [0.29, 0.717) is 13.1 Å². The molecule has 2 rings (SSSR count). The molecule has 0 amide bonds. The number of nitrogens with zero attached hydrogens (tertiary/aromatic N) is 1. The minimum Gasteiger partial charge on any atom is -0.389 e. The van der Waals surface area contributed by atoms with E-state index in [9.17, 15) is 10.2 Å². The van der Waals surface area contributed by atoms with Gasteiger partial charge in [-0.2, -0.15) is 0 Å². The summed E-state index contributed by atoms with van der Waals surface area (Å²) in [5, 5.41) is 19.2. The minimum atomic E-state index is -0.667. The molecule has 1 aromatic heterocycles. The van der Waals surface area contributed by atoms with Crippen molar-refractivity contribution in [3.05, 3.63) is 20.8 Å². The summed E-state index contributed by atoms with van der Waals surface area (Å²) in [6.45, 7) is 2.90. The molecule has 4 unspecified atom stereocenters. The third-order valence-electron chi connectivity index (χ3n) is 3.06. The lowest BCUT2D eigenvalue weighted by Gasteiger charge is -2.29. The van der Waals surface area contributed by atoms with Crippen LogP contribution in [0.15, 0.2) is 15.9 Å². The molecular formula is C11H17BrN2O2S. The van der Waals surface area contributed by atoms with E-state index >= 15 is 0 Å². The first kappa shape index (κ1) is 13.5. The van der Waals surface area contributed by atoms with Crippen LogP contribution in [-0.4, -0.2) is 46.5 Å². The Morgan fingerprint density at radius 3 is 2.41 bits per heavy atom. The van der Waals surface area contributed by atoms with Crippen LogP contribution >= 0.6 is 27.3 Å². The summed E-state index contributed by atoms with van der Waals surface area (Å²) >= 11 is 5.09. The molecule has 1 aromatic rings. The maximum absolute atomic E-state index is 9.61. The molecule has 1 saturated heterocycles. The fourth-order valence-corrected chi connectivity index (χ4v) is 3.96. The number of likely N-dealkylation sites (tertiary alicyclic amines) is 1. The number of hydrogen-bond donors (Lipinski definition) is 3. The van der Waals surface area contributed by atoms with Crippen molar-refractivity contribution in [2.75, 3.05) is 13.1 Å². The molecule has 0 saturated carbocycles. The molecule has 6 heteroatoms. The summed E-state index contributed by atoms with van der Waals surface area (Å²) in [5.41, 5.74) is 6.04. The van der Waals surface area contributed by atoms with Gasteiger partial charge in [-0.1, -0.05) is 0 Å². The molecule has 4 N–H and O–H groups in total. The molecule has 17 heavy (non-hydrogen) atoms. The molecule has 1 aliphatic heterocycles. The first-order chi connectivity index (χ1) is 7.99. The van der Waals surface area contributed by atoms with Gasteiger partial charge in [-0.3, -0.25) is 4.90 Å². The van der Waals surface area contributed by atoms with E-state index in [-0.39, 0.29) is 12.1 Å². The Hall–Kier alpha value is 0.0200. The van der Waals surface area contributed by atoms with Crippen molar-refractivity contribution < 1.29 is 10.2 Å². The van der Waals surface area contributed by atoms with Crippen LogP contribution in [0.1, 0.15) is 17.8 Å². The minimum absolute atomic E-state index is 0.0435. The number of hydrogen-bond acceptors (Lipinski definition) is 5. The Morgan fingerprint density at radius 2 is 2.00 bits per heavy atom. The summed E-state index contributed by atoms with van der Waals surface area (Å²) in [6.07, 6.45) is -1.33. The van der Waals surface area contributed by atoms with E-state index in [4.69, 9.17) is 5.73 Å². The fourth-order valence-electron chi connectivity index (χ4n) is 2.28. The lowest BCUT2D eigenvalue weighted by molar-refractivity contribution is 0.0572. The molecule has 1 fully saturated rings. The predicted molar refractivity (Wildman–Crippen MR) is 72.0 cm³/mol. The zero-order chi connectivity index (χ0) is 12.6. The van der Waals surface area contributed by atoms with Crippen molar-refractivity contribution in [2.45, 2.75) is 31.2 Å². The maximum atomic E-state index is 9.61. The first-order valence-electron chi connectivity index (χ1n) is 5.60. The Bertz CT molecular complexity index is 375. The fraction of sp³-hybridized carbons (Fsp3) is 0.636. The van der Waals surface area contributed by atoms with Crippen molar-refractivity contribution >= 4 is 27.3 Å². The monoisotopic (exact) mass is 320 g/mol. The van der Waals surface area contributed by atoms with Gasteiger partial charge in [0.2, 0.25) is 0 Å². The topological polar surface area (TPSA) is 69.7 Å². The summed E-state index contributed by atoms with van der Waals surface area (Å²) in [5.74, 6) is 0. The Labute approximate surface area is 113 Å². The second-order valence-corrected chi connectivity index (χ2v) is 7.03. The number of β-amino-alcohol motifs (C(OH)–C–C–N with tert-alkyl or cyclic N) is 2. The van der Waals surface area contributed by atoms with Gasteiger partial charge < -0.3 is 15.9 Å². The molecule has 0 bridgehead atoms. The van der Waals surface area contributed by atoms with Crippen LogP contribution in [0.25, 0.3) is 0 Å². The average molecular weight is 321 g/mol. The lowest BCUT2D eigenvalue weighted by Crippen LogP contribution is -2.38. The molecule has 2 heterocycles. The van der Waals surface area contributed by atoms with Crippen LogP contribution in [0, 0.1) is 0 Å². The quantitative estimate of drug-likeness (QED) is 0.775. The van der Waals surface area contributed by atoms with Crippen LogP contribution in [0.2, 0.25) is 0 Å². The third-order valence-corrected chi connectivity index (χ3v) is 4.76. The highest BCUT2D eigenvalue weighted by Gasteiger charge is 2.36. The van der Waals surface area contributed by atoms with E-state index in [1.165, 1.54) is 0 Å². The van der Waals surface area contributed by atoms with Crippen LogP contribution in [0.4, 0.5) is 0 Å². The highest BCUT2D eigenvalue weighted by molar-refractivity contribution is 9.11. The molecule has 1 aliphatic rings. The van der Waals surface area contributed by atoms with Crippen molar-refractivity contribution in [3.8, 4) is 0 Å². The van der Waals surface area contributed by atoms with Crippen LogP contribution in [0.3, 0.4) is 0 Å². The molecule has 0 aliphatic carbocycles. The van der Waals surface area contributed by atoms with Crippen molar-refractivity contribution in [1.29, 1.82) is 0 Å². The molecule has 0 spiro atoms. The molecule has 96 valence electrons. The van der Waals surface area contributed by atoms with Gasteiger partial charge in [0, 0.05) is 24.0 Å². The normalized spacial score (nSPS) is 29.5. The zero-order valence-corrected chi connectivity index (χ0v) is 12.0. The lowest BCUT2D eigenvalue weighted by atomic mass is 10.1. The van der Waals surface area contributed by atoms with E-state index < -0.39 is 12.2 Å². The van der Waals surface area contributed by atoms with Crippen LogP contribution < -0.4 is 5.73 Å². The Balaban J connectivity index is 2.19. The summed E-state index contributed by atoms with van der Waals surface area (Å²) in [6, 6.07) is 4.05. The Kier molecular flexibility index (Phi) is 4.22. The molecular weight excluding hydrogens is 304 g/mol. The molecule has 4 nitrogen and oxygen atoms in total. The van der Waals surface area contributed by atoms with Crippen LogP contribution in [0.5, 0.6) is 0 Å². The summed E-state index contributed by atoms with van der Waals surface area (Å²) < 4.78 is 1.07. The van der Waals surface area contributed by atoms with Gasteiger partial charge in [0.1, 0.15) is 0 Å². The zero-order valence-electron chi connectivity index (χ0n) is 9.58. The Morgan fingerprint density at radius 1 is 1.41 bits per heavy atom. The molecule has 4 atom stereocenters. The largest absolute Gasteiger partial charge is 0.389 e. The SMILES string of the molecule is CC(N)C(c1ccc(Br)s1)N1CC(O)C(O)C1. The highest BCUT2D eigenvalue weighted by Crippen LogP contribution is 2.34. The second kappa shape index (κ2) is 5.34. The van der Waals surface area contributed by atoms with Crippen molar-refractivity contribution in [2.24, 2.45) is 5.73 Å². The predicted octanol–water partition coefficient (Wildman–Crippen LogP) is 0.936. The van der Waals surface area contributed by atoms with Gasteiger partial charge in [-0.15, -0.1) is 11.3 Å². The number of aliphatic hydroxyl groups is 2. The average Bonchev–Trinajstić information content (AvgIpc) is 2.76. The number of thiophene rings is 1. The molecule has 0 radical (unpaired) electrons. The summed E-state index contributed by atoms with van der Waals surface area (Å²) in [7, 11) is 0. The summed E-state index contributed by atoms with van der Waals surface area (Å²) in [4.78, 5) is 3.21. The standard InChI is InChI=1S/C11H17BrN2O2S/c1-6(13)11(9-2-3-10(12)17-9)14-4-7(15)8(16)5-14/h2-3,6-8,11,15-16H,4-5,13H2,1H3. The smallest absolute Gasteiger partial charge is 0.0938 e. The third kappa shape index (κ3) is 2.89.